The van der Waals surface area contributed by atoms with Crippen LogP contribution in [-0.2, 0) is 0 Å². The SMILES string of the molecule is CC1(C)CC2CCCCC(CC2)PC12PC1CCCCC2CC1. The first kappa shape index (κ1) is 17.3. The maximum atomic E-state index is 2.72. The van der Waals surface area contributed by atoms with Gasteiger partial charge >= 0.3 is 0 Å². The van der Waals surface area contributed by atoms with Gasteiger partial charge in [-0.15, -0.1) is 17.2 Å². The molecular formula is C21H38P2. The molecule has 0 aromatic rings. The average molecular weight is 352 g/mol. The molecule has 7 atom stereocenters. The molecule has 23 heavy (non-hydrogen) atoms. The molecule has 0 amide bonds. The molecule has 7 unspecified atom stereocenters. The third-order valence-corrected chi connectivity index (χ3v) is 13.8. The Labute approximate surface area is 148 Å². The summed E-state index contributed by atoms with van der Waals surface area (Å²) in [6, 6.07) is 0. The van der Waals surface area contributed by atoms with E-state index in [1.165, 1.54) is 23.6 Å². The summed E-state index contributed by atoms with van der Waals surface area (Å²) in [4.78, 5) is 0.761. The molecule has 0 aromatic heterocycles. The highest BCUT2D eigenvalue weighted by molar-refractivity contribution is 7.60. The first-order chi connectivity index (χ1) is 11.1. The minimum absolute atomic E-state index is 0.616. The highest BCUT2D eigenvalue weighted by Crippen LogP contribution is 2.72. The zero-order valence-corrected chi connectivity index (χ0v) is 17.5. The summed E-state index contributed by atoms with van der Waals surface area (Å²) in [6.07, 6.45) is 20.3. The Hall–Kier alpha value is 0.860. The van der Waals surface area contributed by atoms with Crippen molar-refractivity contribution < 1.29 is 0 Å². The zero-order valence-electron chi connectivity index (χ0n) is 15.5. The van der Waals surface area contributed by atoms with Crippen molar-refractivity contribution in [3.05, 3.63) is 0 Å². The van der Waals surface area contributed by atoms with E-state index in [0.717, 1.165) is 28.1 Å². The minimum atomic E-state index is 0.616. The Balaban J connectivity index is 1.70. The van der Waals surface area contributed by atoms with Crippen LogP contribution in [0.3, 0.4) is 0 Å². The van der Waals surface area contributed by atoms with Crippen molar-refractivity contribution in [1.29, 1.82) is 0 Å². The van der Waals surface area contributed by atoms with Crippen LogP contribution in [0.4, 0.5) is 0 Å². The van der Waals surface area contributed by atoms with Gasteiger partial charge in [-0.1, -0.05) is 46.0 Å². The van der Waals surface area contributed by atoms with E-state index in [1.54, 1.807) is 77.0 Å². The summed E-state index contributed by atoms with van der Waals surface area (Å²) in [5.41, 5.74) is 2.83. The van der Waals surface area contributed by atoms with Crippen LogP contribution in [0.1, 0.15) is 97.3 Å². The smallest absolute Gasteiger partial charge is 0.0133 e. The topological polar surface area (TPSA) is 0 Å². The fraction of sp³-hybridized carbons (Fsp3) is 1.00. The number of hydrogen-bond acceptors (Lipinski definition) is 0. The molecule has 3 aliphatic heterocycles. The zero-order chi connectivity index (χ0) is 15.9. The lowest BCUT2D eigenvalue weighted by Crippen LogP contribution is -2.50. The van der Waals surface area contributed by atoms with Crippen LogP contribution >= 0.6 is 17.2 Å². The van der Waals surface area contributed by atoms with E-state index in [2.05, 4.69) is 13.8 Å². The second-order valence-electron chi connectivity index (χ2n) is 9.87. The molecule has 4 bridgehead atoms. The normalized spacial score (nSPS) is 49.3. The van der Waals surface area contributed by atoms with Crippen molar-refractivity contribution in [3.63, 3.8) is 0 Å². The molecule has 132 valence electrons. The van der Waals surface area contributed by atoms with Crippen LogP contribution in [0, 0.1) is 17.3 Å². The summed E-state index contributed by atoms with van der Waals surface area (Å²) >= 11 is 0. The van der Waals surface area contributed by atoms with Gasteiger partial charge in [0.05, 0.1) is 0 Å². The molecule has 2 heteroatoms. The quantitative estimate of drug-likeness (QED) is 0.406. The Morgan fingerprint density at radius 3 is 2.00 bits per heavy atom. The maximum Gasteiger partial charge on any atom is 0.0133 e. The third-order valence-electron chi connectivity index (χ3n) is 7.90. The van der Waals surface area contributed by atoms with Crippen molar-refractivity contribution in [3.8, 4) is 0 Å². The highest BCUT2D eigenvalue weighted by atomic mass is 31.1. The fourth-order valence-corrected chi connectivity index (χ4v) is 12.9. The van der Waals surface area contributed by atoms with Crippen LogP contribution in [0.5, 0.6) is 0 Å². The summed E-state index contributed by atoms with van der Waals surface area (Å²) in [5.74, 6) is 2.15. The summed E-state index contributed by atoms with van der Waals surface area (Å²) in [7, 11) is 2.62. The van der Waals surface area contributed by atoms with Gasteiger partial charge in [-0.05, 0) is 79.9 Å². The van der Waals surface area contributed by atoms with Crippen molar-refractivity contribution >= 4 is 17.2 Å². The minimum Gasteiger partial charge on any atom is -0.107 e. The number of fused-ring (bicyclic) bond motifs is 7. The van der Waals surface area contributed by atoms with E-state index < -0.39 is 0 Å². The van der Waals surface area contributed by atoms with E-state index in [0.29, 0.717) is 5.41 Å². The molecule has 0 N–H and O–H groups in total. The first-order valence-electron chi connectivity index (χ1n) is 10.6. The molecule has 0 aromatic carbocycles. The van der Waals surface area contributed by atoms with E-state index in [-0.39, 0.29) is 0 Å². The second-order valence-corrected chi connectivity index (χ2v) is 14.2. The van der Waals surface area contributed by atoms with Crippen LogP contribution in [-0.4, -0.2) is 16.2 Å². The van der Waals surface area contributed by atoms with E-state index in [1.807, 2.05) is 0 Å². The van der Waals surface area contributed by atoms with Gasteiger partial charge < -0.3 is 0 Å². The van der Waals surface area contributed by atoms with Crippen molar-refractivity contribution in [2.45, 2.75) is 114 Å². The van der Waals surface area contributed by atoms with E-state index in [9.17, 15) is 0 Å². The Morgan fingerprint density at radius 2 is 1.26 bits per heavy atom. The van der Waals surface area contributed by atoms with Crippen molar-refractivity contribution in [2.75, 3.05) is 0 Å². The van der Waals surface area contributed by atoms with Gasteiger partial charge in [-0.2, -0.15) is 0 Å². The molecule has 3 saturated heterocycles. The van der Waals surface area contributed by atoms with Crippen LogP contribution < -0.4 is 0 Å². The molecule has 5 rings (SSSR count). The van der Waals surface area contributed by atoms with E-state index in [4.69, 9.17) is 0 Å². The van der Waals surface area contributed by atoms with Crippen molar-refractivity contribution in [1.82, 2.24) is 0 Å². The van der Waals surface area contributed by atoms with Crippen LogP contribution in [0.15, 0.2) is 0 Å². The lowest BCUT2D eigenvalue weighted by Gasteiger charge is -2.60. The van der Waals surface area contributed by atoms with Crippen LogP contribution in [0.2, 0.25) is 0 Å². The average Bonchev–Trinajstić information content (AvgIpc) is 2.45. The molecule has 5 aliphatic rings. The number of hydrogen-bond donors (Lipinski definition) is 0. The Bertz CT molecular complexity index is 414. The van der Waals surface area contributed by atoms with Gasteiger partial charge in [-0.25, -0.2) is 0 Å². The molecule has 0 radical (unpaired) electrons. The molecule has 3 heterocycles. The largest absolute Gasteiger partial charge is 0.107 e. The van der Waals surface area contributed by atoms with E-state index >= 15 is 0 Å². The first-order valence-corrected chi connectivity index (χ1v) is 12.8. The highest BCUT2D eigenvalue weighted by Gasteiger charge is 2.55. The molecule has 1 spiro atoms. The summed E-state index contributed by atoms with van der Waals surface area (Å²) in [5, 5.41) is 0. The van der Waals surface area contributed by atoms with Gasteiger partial charge in [-0.3, -0.25) is 0 Å². The standard InChI is InChI=1S/C21H38P2/c1-20(2)15-16-7-3-5-9-18(13-11-16)22-21(20)17-8-4-6-10-19(23-21)14-12-17/h16-19,22-23H,3-15H2,1-2H3. The lowest BCUT2D eigenvalue weighted by molar-refractivity contribution is 0.147. The monoisotopic (exact) mass is 352 g/mol. The van der Waals surface area contributed by atoms with Crippen LogP contribution in [0.25, 0.3) is 0 Å². The maximum absolute atomic E-state index is 2.72. The van der Waals surface area contributed by atoms with Gasteiger partial charge in [0.15, 0.2) is 0 Å². The lowest BCUT2D eigenvalue weighted by atomic mass is 9.69. The van der Waals surface area contributed by atoms with Gasteiger partial charge in [0.1, 0.15) is 0 Å². The Morgan fingerprint density at radius 1 is 0.652 bits per heavy atom. The summed E-state index contributed by atoms with van der Waals surface area (Å²) in [6.45, 7) is 5.45. The molecule has 2 aliphatic carbocycles. The van der Waals surface area contributed by atoms with Crippen molar-refractivity contribution in [2.24, 2.45) is 17.3 Å². The molecule has 2 saturated carbocycles. The van der Waals surface area contributed by atoms with Gasteiger partial charge in [0, 0.05) is 4.90 Å². The summed E-state index contributed by atoms with van der Waals surface area (Å²) < 4.78 is 0. The predicted molar refractivity (Wildman–Crippen MR) is 108 cm³/mol. The van der Waals surface area contributed by atoms with Gasteiger partial charge in [0.2, 0.25) is 0 Å². The fourth-order valence-electron chi connectivity index (χ4n) is 6.69. The Kier molecular flexibility index (Phi) is 5.17. The predicted octanol–water partition coefficient (Wildman–Crippen LogP) is 7.16. The third kappa shape index (κ3) is 3.31. The molecular weight excluding hydrogens is 314 g/mol. The number of rotatable bonds is 0. The molecule has 0 nitrogen and oxygen atoms in total. The molecule has 5 fully saturated rings. The second kappa shape index (κ2) is 6.88. The van der Waals surface area contributed by atoms with Gasteiger partial charge in [0.25, 0.3) is 0 Å².